The van der Waals surface area contributed by atoms with E-state index in [1.165, 1.54) is 0 Å². The number of carbonyl (C=O) groups excluding carboxylic acids is 1. The van der Waals surface area contributed by atoms with Crippen molar-refractivity contribution in [3.05, 3.63) is 0 Å². The smallest absolute Gasteiger partial charge is 0.239 e. The van der Waals surface area contributed by atoms with Crippen LogP contribution in [0.5, 0.6) is 0 Å². The molecule has 1 saturated heterocycles. The normalized spacial score (nSPS) is 25.2. The van der Waals surface area contributed by atoms with Gasteiger partial charge in [-0.25, -0.2) is 0 Å². The lowest BCUT2D eigenvalue weighted by molar-refractivity contribution is -0.126. The van der Waals surface area contributed by atoms with Crippen LogP contribution in [0.3, 0.4) is 0 Å². The lowest BCUT2D eigenvalue weighted by Crippen LogP contribution is -2.52. The Balaban J connectivity index is 2.21. The Morgan fingerprint density at radius 1 is 1.85 bits per heavy atom. The zero-order valence-corrected chi connectivity index (χ0v) is 7.75. The first-order valence-corrected chi connectivity index (χ1v) is 4.47. The topological polar surface area (TPSA) is 70.6 Å². The second-order valence-electron chi connectivity index (χ2n) is 3.18. The van der Waals surface area contributed by atoms with E-state index in [-0.39, 0.29) is 18.5 Å². The van der Waals surface area contributed by atoms with Crippen molar-refractivity contribution in [1.82, 2.24) is 10.6 Å². The largest absolute Gasteiger partial charge is 0.392 e. The molecular weight excluding hydrogens is 172 g/mol. The highest BCUT2D eigenvalue weighted by Gasteiger charge is 2.20. The quantitative estimate of drug-likeness (QED) is 0.502. The molecule has 1 rings (SSSR count). The van der Waals surface area contributed by atoms with Gasteiger partial charge in [-0.2, -0.15) is 0 Å². The predicted molar refractivity (Wildman–Crippen MR) is 47.3 cm³/mol. The Morgan fingerprint density at radius 3 is 3.15 bits per heavy atom. The minimum absolute atomic E-state index is 0.111. The first-order valence-electron chi connectivity index (χ1n) is 4.47. The van der Waals surface area contributed by atoms with Gasteiger partial charge < -0.3 is 20.5 Å². The molecule has 2 atom stereocenters. The third-order valence-electron chi connectivity index (χ3n) is 1.81. The number of ether oxygens (including phenoxy) is 1. The fourth-order valence-electron chi connectivity index (χ4n) is 1.11. The summed E-state index contributed by atoms with van der Waals surface area (Å²) in [5, 5.41) is 14.6. The fraction of sp³-hybridized carbons (Fsp3) is 0.875. The highest BCUT2D eigenvalue weighted by Crippen LogP contribution is 1.92. The van der Waals surface area contributed by atoms with E-state index < -0.39 is 6.10 Å². The average Bonchev–Trinajstić information content (AvgIpc) is 2.15. The standard InChI is InChI=1S/C8H16N2O3/c1-6(11)4-10-8(12)7-5-13-3-2-9-7/h6-7,9,11H,2-5H2,1H3,(H,10,12). The summed E-state index contributed by atoms with van der Waals surface area (Å²) in [7, 11) is 0. The van der Waals surface area contributed by atoms with Crippen LogP contribution in [0.15, 0.2) is 0 Å². The van der Waals surface area contributed by atoms with Crippen LogP contribution in [0, 0.1) is 0 Å². The van der Waals surface area contributed by atoms with Gasteiger partial charge in [0.25, 0.3) is 0 Å². The number of aliphatic hydroxyl groups is 1. The number of hydrogen-bond acceptors (Lipinski definition) is 4. The molecule has 0 radical (unpaired) electrons. The maximum atomic E-state index is 11.3. The van der Waals surface area contributed by atoms with Crippen LogP contribution in [-0.2, 0) is 9.53 Å². The van der Waals surface area contributed by atoms with E-state index in [0.29, 0.717) is 19.8 Å². The van der Waals surface area contributed by atoms with Crippen molar-refractivity contribution in [1.29, 1.82) is 0 Å². The number of amides is 1. The van der Waals surface area contributed by atoms with Crippen LogP contribution in [0.4, 0.5) is 0 Å². The van der Waals surface area contributed by atoms with Crippen LogP contribution >= 0.6 is 0 Å². The van der Waals surface area contributed by atoms with Crippen molar-refractivity contribution < 1.29 is 14.6 Å². The first kappa shape index (κ1) is 10.4. The molecule has 0 saturated carbocycles. The lowest BCUT2D eigenvalue weighted by atomic mass is 10.2. The third kappa shape index (κ3) is 3.71. The molecule has 0 spiro atoms. The molecule has 13 heavy (non-hydrogen) atoms. The van der Waals surface area contributed by atoms with Crippen molar-refractivity contribution >= 4 is 5.91 Å². The van der Waals surface area contributed by atoms with Crippen LogP contribution in [0.2, 0.25) is 0 Å². The van der Waals surface area contributed by atoms with Crippen molar-refractivity contribution in [2.45, 2.75) is 19.1 Å². The fourth-order valence-corrected chi connectivity index (χ4v) is 1.11. The molecule has 5 heteroatoms. The molecule has 0 aromatic rings. The van der Waals surface area contributed by atoms with E-state index in [4.69, 9.17) is 9.84 Å². The number of carbonyl (C=O) groups is 1. The summed E-state index contributed by atoms with van der Waals surface area (Å²) in [6.45, 7) is 3.68. The molecule has 0 bridgehead atoms. The number of rotatable bonds is 3. The van der Waals surface area contributed by atoms with Gasteiger partial charge in [0.05, 0.1) is 19.3 Å². The molecular formula is C8H16N2O3. The molecule has 1 amide bonds. The van der Waals surface area contributed by atoms with Crippen LogP contribution in [-0.4, -0.2) is 49.5 Å². The van der Waals surface area contributed by atoms with Gasteiger partial charge in [0.2, 0.25) is 5.91 Å². The second-order valence-corrected chi connectivity index (χ2v) is 3.18. The van der Waals surface area contributed by atoms with Gasteiger partial charge in [0, 0.05) is 13.1 Å². The summed E-state index contributed by atoms with van der Waals surface area (Å²) in [5.41, 5.74) is 0. The summed E-state index contributed by atoms with van der Waals surface area (Å²) in [6.07, 6.45) is -0.506. The highest BCUT2D eigenvalue weighted by molar-refractivity contribution is 5.81. The molecule has 76 valence electrons. The first-order chi connectivity index (χ1) is 6.20. The lowest BCUT2D eigenvalue weighted by Gasteiger charge is -2.23. The number of morpholine rings is 1. The maximum Gasteiger partial charge on any atom is 0.239 e. The van der Waals surface area contributed by atoms with E-state index in [1.54, 1.807) is 6.92 Å². The Bertz CT molecular complexity index is 167. The molecule has 0 aromatic carbocycles. The summed E-state index contributed by atoms with van der Waals surface area (Å²) < 4.78 is 5.12. The van der Waals surface area contributed by atoms with Crippen molar-refractivity contribution in [3.63, 3.8) is 0 Å². The van der Waals surface area contributed by atoms with E-state index in [1.807, 2.05) is 0 Å². The van der Waals surface area contributed by atoms with Gasteiger partial charge in [-0.3, -0.25) is 4.79 Å². The predicted octanol–water partition coefficient (Wildman–Crippen LogP) is -1.53. The van der Waals surface area contributed by atoms with Crippen molar-refractivity contribution in [2.24, 2.45) is 0 Å². The van der Waals surface area contributed by atoms with Crippen molar-refractivity contribution in [3.8, 4) is 0 Å². The number of nitrogens with one attached hydrogen (secondary N) is 2. The Kier molecular flexibility index (Phi) is 4.14. The maximum absolute atomic E-state index is 11.3. The second kappa shape index (κ2) is 5.16. The summed E-state index contributed by atoms with van der Waals surface area (Å²) in [5.74, 6) is -0.111. The van der Waals surface area contributed by atoms with Gasteiger partial charge in [-0.05, 0) is 6.92 Å². The van der Waals surface area contributed by atoms with Crippen LogP contribution < -0.4 is 10.6 Å². The molecule has 1 aliphatic heterocycles. The van der Waals surface area contributed by atoms with E-state index >= 15 is 0 Å². The molecule has 5 nitrogen and oxygen atoms in total. The summed E-state index contributed by atoms with van der Waals surface area (Å²) in [6, 6.07) is -0.271. The minimum atomic E-state index is -0.506. The molecule has 2 unspecified atom stereocenters. The molecule has 0 aliphatic carbocycles. The molecule has 1 heterocycles. The zero-order chi connectivity index (χ0) is 9.68. The van der Waals surface area contributed by atoms with Crippen LogP contribution in [0.1, 0.15) is 6.92 Å². The summed E-state index contributed by atoms with van der Waals surface area (Å²) >= 11 is 0. The molecule has 0 aromatic heterocycles. The summed E-state index contributed by atoms with van der Waals surface area (Å²) in [4.78, 5) is 11.3. The number of aliphatic hydroxyl groups excluding tert-OH is 1. The third-order valence-corrected chi connectivity index (χ3v) is 1.81. The monoisotopic (exact) mass is 188 g/mol. The van der Waals surface area contributed by atoms with Gasteiger partial charge in [-0.1, -0.05) is 0 Å². The van der Waals surface area contributed by atoms with Gasteiger partial charge in [-0.15, -0.1) is 0 Å². The van der Waals surface area contributed by atoms with Crippen LogP contribution in [0.25, 0.3) is 0 Å². The van der Waals surface area contributed by atoms with Gasteiger partial charge in [0.15, 0.2) is 0 Å². The molecule has 1 fully saturated rings. The zero-order valence-electron chi connectivity index (χ0n) is 7.75. The SMILES string of the molecule is CC(O)CNC(=O)C1COCCN1. The van der Waals surface area contributed by atoms with E-state index in [2.05, 4.69) is 10.6 Å². The van der Waals surface area contributed by atoms with E-state index in [0.717, 1.165) is 0 Å². The molecule has 1 aliphatic rings. The van der Waals surface area contributed by atoms with Gasteiger partial charge >= 0.3 is 0 Å². The Morgan fingerprint density at radius 2 is 2.62 bits per heavy atom. The van der Waals surface area contributed by atoms with Gasteiger partial charge in [0.1, 0.15) is 6.04 Å². The van der Waals surface area contributed by atoms with Crippen molar-refractivity contribution in [2.75, 3.05) is 26.3 Å². The molecule has 3 N–H and O–H groups in total. The highest BCUT2D eigenvalue weighted by atomic mass is 16.5. The Labute approximate surface area is 77.5 Å². The van der Waals surface area contributed by atoms with E-state index in [9.17, 15) is 4.79 Å². The number of hydrogen-bond donors (Lipinski definition) is 3. The average molecular weight is 188 g/mol. The Hall–Kier alpha value is -0.650. The minimum Gasteiger partial charge on any atom is -0.392 e.